The van der Waals surface area contributed by atoms with Crippen LogP contribution in [0.25, 0.3) is 0 Å². The van der Waals surface area contributed by atoms with Crippen molar-refractivity contribution in [1.29, 1.82) is 0 Å². The summed E-state index contributed by atoms with van der Waals surface area (Å²) in [5.74, 6) is 0. The molecule has 0 atom stereocenters. The summed E-state index contributed by atoms with van der Waals surface area (Å²) in [6, 6.07) is 4.45. The Bertz CT molecular complexity index is 615. The average molecular weight is 312 g/mol. The lowest BCUT2D eigenvalue weighted by Gasteiger charge is -2.05. The number of halogens is 1. The number of nitrogens with one attached hydrogen (secondary N) is 1. The van der Waals surface area contributed by atoms with E-state index in [1.165, 1.54) is 17.0 Å². The van der Waals surface area contributed by atoms with Crippen molar-refractivity contribution >= 4 is 28.6 Å². The number of nitro benzene ring substituents is 1. The third-order valence-corrected chi connectivity index (χ3v) is 4.29. The number of nitro groups is 1. The molecule has 1 heterocycles. The lowest BCUT2D eigenvalue weighted by Crippen LogP contribution is -2.12. The molecule has 0 unspecified atom stereocenters. The summed E-state index contributed by atoms with van der Waals surface area (Å²) < 4.78 is 0. The van der Waals surface area contributed by atoms with Crippen LogP contribution in [0.4, 0.5) is 5.69 Å². The van der Waals surface area contributed by atoms with Gasteiger partial charge in [-0.3, -0.25) is 10.1 Å². The van der Waals surface area contributed by atoms with E-state index in [2.05, 4.69) is 17.2 Å². The molecule has 2 rings (SSSR count). The predicted molar refractivity (Wildman–Crippen MR) is 80.1 cm³/mol. The molecule has 0 aliphatic rings. The van der Waals surface area contributed by atoms with E-state index in [9.17, 15) is 10.1 Å². The molecular formula is C13H14ClN3O2S. The first-order valence-electron chi connectivity index (χ1n) is 6.17. The molecule has 0 radical (unpaired) electrons. The van der Waals surface area contributed by atoms with Crippen LogP contribution in [-0.4, -0.2) is 9.91 Å². The average Bonchev–Trinajstić information content (AvgIpc) is 2.88. The largest absolute Gasteiger partial charge is 0.306 e. The van der Waals surface area contributed by atoms with Crippen LogP contribution in [-0.2, 0) is 19.5 Å². The Hall–Kier alpha value is -1.50. The van der Waals surface area contributed by atoms with E-state index in [0.29, 0.717) is 23.7 Å². The molecule has 5 nitrogen and oxygen atoms in total. The summed E-state index contributed by atoms with van der Waals surface area (Å²) in [6.45, 7) is 3.19. The van der Waals surface area contributed by atoms with Gasteiger partial charge in [-0.25, -0.2) is 4.98 Å². The summed E-state index contributed by atoms with van der Waals surface area (Å²) in [6.07, 6.45) is 2.86. The Morgan fingerprint density at radius 2 is 2.25 bits per heavy atom. The molecule has 0 aliphatic heterocycles. The van der Waals surface area contributed by atoms with Gasteiger partial charge in [0.2, 0.25) is 0 Å². The third kappa shape index (κ3) is 3.75. The van der Waals surface area contributed by atoms with Crippen molar-refractivity contribution in [3.05, 3.63) is 55.0 Å². The van der Waals surface area contributed by atoms with Gasteiger partial charge in [0.1, 0.15) is 5.01 Å². The molecule has 1 aromatic carbocycles. The van der Waals surface area contributed by atoms with Crippen LogP contribution in [0.1, 0.15) is 22.4 Å². The van der Waals surface area contributed by atoms with Crippen LogP contribution < -0.4 is 5.32 Å². The Balaban J connectivity index is 1.96. The summed E-state index contributed by atoms with van der Waals surface area (Å²) in [5, 5.41) is 15.5. The minimum atomic E-state index is -0.422. The molecule has 7 heteroatoms. The van der Waals surface area contributed by atoms with Gasteiger partial charge < -0.3 is 5.32 Å². The fraction of sp³-hybridized carbons (Fsp3) is 0.308. The molecule has 0 saturated carbocycles. The van der Waals surface area contributed by atoms with E-state index in [1.807, 2.05) is 6.20 Å². The highest BCUT2D eigenvalue weighted by Crippen LogP contribution is 2.22. The number of non-ortho nitro benzene ring substituents is 1. The SMILES string of the molecule is CCc1cnc(CNCc2cc([N+](=O)[O-])ccc2Cl)s1. The summed E-state index contributed by atoms with van der Waals surface area (Å²) >= 11 is 7.70. The second-order valence-corrected chi connectivity index (χ2v) is 5.82. The summed E-state index contributed by atoms with van der Waals surface area (Å²) in [7, 11) is 0. The van der Waals surface area contributed by atoms with Crippen molar-refractivity contribution in [1.82, 2.24) is 10.3 Å². The minimum Gasteiger partial charge on any atom is -0.306 e. The van der Waals surface area contributed by atoms with Gasteiger partial charge in [-0.05, 0) is 18.1 Å². The quantitative estimate of drug-likeness (QED) is 0.654. The summed E-state index contributed by atoms with van der Waals surface area (Å²) in [4.78, 5) is 15.9. The number of aromatic nitrogens is 1. The second kappa shape index (κ2) is 6.78. The second-order valence-electron chi connectivity index (χ2n) is 4.21. The zero-order valence-corrected chi connectivity index (χ0v) is 12.5. The number of nitrogens with zero attached hydrogens (tertiary/aromatic N) is 2. The van der Waals surface area contributed by atoms with Crippen molar-refractivity contribution in [2.75, 3.05) is 0 Å². The lowest BCUT2D eigenvalue weighted by atomic mass is 10.2. The van der Waals surface area contributed by atoms with E-state index < -0.39 is 4.92 Å². The molecule has 0 spiro atoms. The van der Waals surface area contributed by atoms with E-state index in [1.54, 1.807) is 17.4 Å². The maximum atomic E-state index is 10.7. The van der Waals surface area contributed by atoms with E-state index >= 15 is 0 Å². The van der Waals surface area contributed by atoms with Crippen molar-refractivity contribution in [3.8, 4) is 0 Å². The van der Waals surface area contributed by atoms with E-state index in [4.69, 9.17) is 11.6 Å². The highest BCUT2D eigenvalue weighted by atomic mass is 35.5. The molecule has 106 valence electrons. The molecule has 1 N–H and O–H groups in total. The number of aryl methyl sites for hydroxylation is 1. The Morgan fingerprint density at radius 3 is 2.90 bits per heavy atom. The van der Waals surface area contributed by atoms with Crippen molar-refractivity contribution in [3.63, 3.8) is 0 Å². The van der Waals surface area contributed by atoms with Gasteiger partial charge >= 0.3 is 0 Å². The fourth-order valence-electron chi connectivity index (χ4n) is 1.71. The van der Waals surface area contributed by atoms with Gasteiger partial charge in [0.25, 0.3) is 5.69 Å². The van der Waals surface area contributed by atoms with E-state index in [0.717, 1.165) is 11.4 Å². The van der Waals surface area contributed by atoms with Crippen LogP contribution in [0.3, 0.4) is 0 Å². The van der Waals surface area contributed by atoms with Crippen molar-refractivity contribution < 1.29 is 4.92 Å². The Morgan fingerprint density at radius 1 is 1.45 bits per heavy atom. The number of hydrogen-bond donors (Lipinski definition) is 1. The highest BCUT2D eigenvalue weighted by molar-refractivity contribution is 7.11. The molecule has 0 saturated heterocycles. The third-order valence-electron chi connectivity index (χ3n) is 2.78. The van der Waals surface area contributed by atoms with Crippen molar-refractivity contribution in [2.24, 2.45) is 0 Å². The van der Waals surface area contributed by atoms with Crippen LogP contribution >= 0.6 is 22.9 Å². The summed E-state index contributed by atoms with van der Waals surface area (Å²) in [5.41, 5.74) is 0.766. The predicted octanol–water partition coefficient (Wildman–Crippen LogP) is 3.56. The normalized spacial score (nSPS) is 10.7. The van der Waals surface area contributed by atoms with Crippen molar-refractivity contribution in [2.45, 2.75) is 26.4 Å². The number of rotatable bonds is 6. The zero-order chi connectivity index (χ0) is 14.5. The standard InChI is InChI=1S/C13H14ClN3O2S/c1-2-11-7-16-13(20-11)8-15-6-9-5-10(17(18)19)3-4-12(9)14/h3-5,7,15H,2,6,8H2,1H3. The number of benzene rings is 1. The first-order chi connectivity index (χ1) is 9.60. The van der Waals surface area contributed by atoms with Crippen LogP contribution in [0, 0.1) is 10.1 Å². The first-order valence-corrected chi connectivity index (χ1v) is 7.36. The maximum absolute atomic E-state index is 10.7. The fourth-order valence-corrected chi connectivity index (χ4v) is 2.72. The molecule has 0 amide bonds. The van der Waals surface area contributed by atoms with Gasteiger partial charge in [-0.1, -0.05) is 18.5 Å². The highest BCUT2D eigenvalue weighted by Gasteiger charge is 2.09. The smallest absolute Gasteiger partial charge is 0.269 e. The van der Waals surface area contributed by atoms with Gasteiger partial charge in [0.15, 0.2) is 0 Å². The molecular weight excluding hydrogens is 298 g/mol. The van der Waals surface area contributed by atoms with Gasteiger partial charge in [0, 0.05) is 41.3 Å². The first kappa shape index (κ1) is 14.9. The Kier molecular flexibility index (Phi) is 5.05. The van der Waals surface area contributed by atoms with E-state index in [-0.39, 0.29) is 5.69 Å². The van der Waals surface area contributed by atoms with Crippen LogP contribution in [0.2, 0.25) is 5.02 Å². The molecule has 2 aromatic rings. The minimum absolute atomic E-state index is 0.0497. The Labute approximate surface area is 125 Å². The van der Waals surface area contributed by atoms with Gasteiger partial charge in [-0.15, -0.1) is 11.3 Å². The molecule has 0 bridgehead atoms. The monoisotopic (exact) mass is 311 g/mol. The molecule has 20 heavy (non-hydrogen) atoms. The molecule has 0 fully saturated rings. The maximum Gasteiger partial charge on any atom is 0.269 e. The van der Waals surface area contributed by atoms with Gasteiger partial charge in [-0.2, -0.15) is 0 Å². The number of hydrogen-bond acceptors (Lipinski definition) is 5. The van der Waals surface area contributed by atoms with Crippen LogP contribution in [0.5, 0.6) is 0 Å². The van der Waals surface area contributed by atoms with Crippen LogP contribution in [0.15, 0.2) is 24.4 Å². The zero-order valence-electron chi connectivity index (χ0n) is 10.9. The lowest BCUT2D eigenvalue weighted by molar-refractivity contribution is -0.384. The molecule has 0 aliphatic carbocycles. The topological polar surface area (TPSA) is 68.1 Å². The number of thiazole rings is 1. The van der Waals surface area contributed by atoms with Gasteiger partial charge in [0.05, 0.1) is 4.92 Å². The molecule has 1 aromatic heterocycles.